The summed E-state index contributed by atoms with van der Waals surface area (Å²) in [5, 5.41) is 9.36. The van der Waals surface area contributed by atoms with Gasteiger partial charge in [-0.3, -0.25) is 4.79 Å². The van der Waals surface area contributed by atoms with Crippen molar-refractivity contribution in [2.75, 3.05) is 38.6 Å². The summed E-state index contributed by atoms with van der Waals surface area (Å²) in [6, 6.07) is 5.93. The minimum absolute atomic E-state index is 0. The van der Waals surface area contributed by atoms with Crippen LogP contribution in [-0.2, 0) is 11.3 Å². The number of guanidine groups is 1. The molecule has 25 heavy (non-hydrogen) atoms. The number of anilines is 1. The van der Waals surface area contributed by atoms with Crippen molar-refractivity contribution < 1.29 is 4.79 Å². The van der Waals surface area contributed by atoms with Crippen LogP contribution in [0.5, 0.6) is 0 Å². The second-order valence-electron chi connectivity index (χ2n) is 6.07. The fourth-order valence-electron chi connectivity index (χ4n) is 2.16. The molecular weight excluding hydrogens is 431 g/mol. The molecule has 1 aromatic heterocycles. The zero-order chi connectivity index (χ0) is 17.4. The van der Waals surface area contributed by atoms with E-state index in [1.807, 2.05) is 44.1 Å². The van der Waals surface area contributed by atoms with E-state index in [4.69, 9.17) is 0 Å². The molecule has 1 saturated carbocycles. The smallest absolute Gasteiger partial charge is 0.223 e. The first-order valence-electron chi connectivity index (χ1n) is 8.53. The highest BCUT2D eigenvalue weighted by molar-refractivity contribution is 14.0. The molecule has 7 nitrogen and oxygen atoms in total. The average Bonchev–Trinajstić information content (AvgIpc) is 3.41. The van der Waals surface area contributed by atoms with Gasteiger partial charge in [-0.2, -0.15) is 0 Å². The third-order valence-electron chi connectivity index (χ3n) is 3.66. The van der Waals surface area contributed by atoms with Crippen molar-refractivity contribution in [1.29, 1.82) is 0 Å². The molecule has 0 bridgehead atoms. The number of amides is 1. The lowest BCUT2D eigenvalue weighted by molar-refractivity contribution is -0.122. The Morgan fingerprint density at radius 3 is 2.60 bits per heavy atom. The molecule has 0 aromatic carbocycles. The maximum absolute atomic E-state index is 11.6. The number of rotatable bonds is 8. The topological polar surface area (TPSA) is 81.7 Å². The molecule has 1 heterocycles. The Kier molecular flexibility index (Phi) is 9.54. The van der Waals surface area contributed by atoms with E-state index < -0.39 is 0 Å². The van der Waals surface area contributed by atoms with Crippen LogP contribution >= 0.6 is 24.0 Å². The van der Waals surface area contributed by atoms with Crippen LogP contribution in [0.3, 0.4) is 0 Å². The number of aromatic nitrogens is 1. The summed E-state index contributed by atoms with van der Waals surface area (Å²) in [5.41, 5.74) is 0.917. The highest BCUT2D eigenvalue weighted by Crippen LogP contribution is 2.28. The Morgan fingerprint density at radius 2 is 1.96 bits per heavy atom. The quantitative estimate of drug-likeness (QED) is 0.236. The van der Waals surface area contributed by atoms with Gasteiger partial charge in [0.1, 0.15) is 5.82 Å². The van der Waals surface area contributed by atoms with E-state index in [0.717, 1.165) is 36.9 Å². The molecule has 1 fully saturated rings. The van der Waals surface area contributed by atoms with Crippen LogP contribution in [0.2, 0.25) is 0 Å². The first kappa shape index (κ1) is 21.5. The number of carbonyl (C=O) groups excluding carboxylic acids is 1. The van der Waals surface area contributed by atoms with Crippen molar-refractivity contribution in [3.05, 3.63) is 23.9 Å². The van der Waals surface area contributed by atoms with E-state index in [1.165, 1.54) is 0 Å². The standard InChI is InChI=1S/C17H28N6O.HI/c1-4-18-17(20-11-10-19-16(24)13-8-9-13)21-12-14-6-5-7-15(22-14)23(2)3;/h5-7,13H,4,8-12H2,1-3H3,(H,19,24)(H2,18,20,21);1H. The SMILES string of the molecule is CCNC(=NCc1cccc(N(C)C)n1)NCCNC(=O)C1CC1.I. The van der Waals surface area contributed by atoms with Gasteiger partial charge in [0, 0.05) is 39.6 Å². The van der Waals surface area contributed by atoms with Crippen molar-refractivity contribution in [2.45, 2.75) is 26.3 Å². The molecule has 0 spiro atoms. The minimum atomic E-state index is 0. The number of pyridine rings is 1. The van der Waals surface area contributed by atoms with E-state index >= 15 is 0 Å². The van der Waals surface area contributed by atoms with Crippen molar-refractivity contribution in [1.82, 2.24) is 20.9 Å². The largest absolute Gasteiger partial charge is 0.363 e. The molecule has 1 amide bonds. The number of halogens is 1. The molecule has 0 saturated heterocycles. The van der Waals surface area contributed by atoms with Crippen molar-refractivity contribution in [2.24, 2.45) is 10.9 Å². The normalized spacial score (nSPS) is 13.6. The zero-order valence-electron chi connectivity index (χ0n) is 15.2. The first-order valence-corrected chi connectivity index (χ1v) is 8.53. The lowest BCUT2D eigenvalue weighted by Crippen LogP contribution is -2.41. The number of nitrogens with zero attached hydrogens (tertiary/aromatic N) is 3. The molecule has 0 unspecified atom stereocenters. The molecular formula is C17H29IN6O. The van der Waals surface area contributed by atoms with Gasteiger partial charge >= 0.3 is 0 Å². The van der Waals surface area contributed by atoms with Crippen LogP contribution < -0.4 is 20.9 Å². The van der Waals surface area contributed by atoms with Gasteiger partial charge in [0.05, 0.1) is 12.2 Å². The van der Waals surface area contributed by atoms with Crippen molar-refractivity contribution in [3.8, 4) is 0 Å². The Hall–Kier alpha value is -1.58. The lowest BCUT2D eigenvalue weighted by Gasteiger charge is -2.13. The van der Waals surface area contributed by atoms with E-state index in [1.54, 1.807) is 0 Å². The second kappa shape index (κ2) is 11.1. The van der Waals surface area contributed by atoms with Gasteiger partial charge in [0.2, 0.25) is 5.91 Å². The summed E-state index contributed by atoms with van der Waals surface area (Å²) >= 11 is 0. The van der Waals surface area contributed by atoms with Gasteiger partial charge in [0.25, 0.3) is 0 Å². The summed E-state index contributed by atoms with van der Waals surface area (Å²) in [6.07, 6.45) is 2.06. The first-order chi connectivity index (χ1) is 11.6. The van der Waals surface area contributed by atoms with Gasteiger partial charge in [-0.25, -0.2) is 9.98 Å². The number of carbonyl (C=O) groups is 1. The van der Waals surface area contributed by atoms with Crippen LogP contribution in [0.4, 0.5) is 5.82 Å². The zero-order valence-corrected chi connectivity index (χ0v) is 17.5. The average molecular weight is 460 g/mol. The predicted molar refractivity (Wildman–Crippen MR) is 113 cm³/mol. The molecule has 2 rings (SSSR count). The molecule has 0 atom stereocenters. The molecule has 0 radical (unpaired) electrons. The summed E-state index contributed by atoms with van der Waals surface area (Å²) < 4.78 is 0. The fraction of sp³-hybridized carbons (Fsp3) is 0.588. The summed E-state index contributed by atoms with van der Waals surface area (Å²) in [7, 11) is 3.94. The van der Waals surface area contributed by atoms with Crippen LogP contribution in [0.1, 0.15) is 25.5 Å². The molecule has 0 aliphatic heterocycles. The van der Waals surface area contributed by atoms with Crippen molar-refractivity contribution in [3.63, 3.8) is 0 Å². The number of hydrogen-bond donors (Lipinski definition) is 3. The Labute approximate surface area is 167 Å². The summed E-state index contributed by atoms with van der Waals surface area (Å²) in [4.78, 5) is 22.7. The third-order valence-corrected chi connectivity index (χ3v) is 3.66. The van der Waals surface area contributed by atoms with E-state index in [-0.39, 0.29) is 35.8 Å². The minimum Gasteiger partial charge on any atom is -0.363 e. The maximum atomic E-state index is 11.6. The Morgan fingerprint density at radius 1 is 1.24 bits per heavy atom. The molecule has 1 aromatic rings. The maximum Gasteiger partial charge on any atom is 0.223 e. The monoisotopic (exact) mass is 460 g/mol. The van der Waals surface area contributed by atoms with Gasteiger partial charge in [-0.15, -0.1) is 24.0 Å². The van der Waals surface area contributed by atoms with Crippen molar-refractivity contribution >= 4 is 41.7 Å². The van der Waals surface area contributed by atoms with Gasteiger partial charge in [-0.1, -0.05) is 6.07 Å². The third kappa shape index (κ3) is 7.89. The van der Waals surface area contributed by atoms with E-state index in [9.17, 15) is 4.79 Å². The second-order valence-corrected chi connectivity index (χ2v) is 6.07. The summed E-state index contributed by atoms with van der Waals surface area (Å²) in [6.45, 7) is 4.57. The highest BCUT2D eigenvalue weighted by atomic mass is 127. The molecule has 1 aliphatic carbocycles. The predicted octanol–water partition coefficient (Wildman–Crippen LogP) is 1.35. The van der Waals surface area contributed by atoms with Gasteiger partial charge < -0.3 is 20.9 Å². The number of hydrogen-bond acceptors (Lipinski definition) is 4. The highest BCUT2D eigenvalue weighted by Gasteiger charge is 2.28. The summed E-state index contributed by atoms with van der Waals surface area (Å²) in [5.74, 6) is 2.07. The number of aliphatic imine (C=N–C) groups is 1. The molecule has 140 valence electrons. The fourth-order valence-corrected chi connectivity index (χ4v) is 2.16. The van der Waals surface area contributed by atoms with E-state index in [2.05, 4.69) is 25.9 Å². The van der Waals surface area contributed by atoms with Crippen LogP contribution in [0, 0.1) is 5.92 Å². The van der Waals surface area contributed by atoms with Gasteiger partial charge in [0.15, 0.2) is 5.96 Å². The van der Waals surface area contributed by atoms with Gasteiger partial charge in [-0.05, 0) is 31.9 Å². The molecule has 8 heteroatoms. The molecule has 3 N–H and O–H groups in total. The van der Waals surface area contributed by atoms with Crippen LogP contribution in [0.25, 0.3) is 0 Å². The van der Waals surface area contributed by atoms with Crippen LogP contribution in [-0.4, -0.2) is 50.6 Å². The van der Waals surface area contributed by atoms with Crippen LogP contribution in [0.15, 0.2) is 23.2 Å². The lowest BCUT2D eigenvalue weighted by atomic mass is 10.3. The number of nitrogens with one attached hydrogen (secondary N) is 3. The Balaban J connectivity index is 0.00000312. The Bertz CT molecular complexity index is 574. The molecule has 1 aliphatic rings. The van der Waals surface area contributed by atoms with E-state index in [0.29, 0.717) is 19.6 Å².